The third-order valence-electron chi connectivity index (χ3n) is 2.65. The van der Waals surface area contributed by atoms with Crippen LogP contribution in [0.4, 0.5) is 8.78 Å². The quantitative estimate of drug-likeness (QED) is 0.786. The second-order valence-electron chi connectivity index (χ2n) is 4.09. The van der Waals surface area contributed by atoms with Crippen LogP contribution in [0.5, 0.6) is 5.75 Å². The fourth-order valence-corrected chi connectivity index (χ4v) is 2.01. The van der Waals surface area contributed by atoms with Crippen LogP contribution < -0.4 is 4.74 Å². The Balaban J connectivity index is 2.15. The molecule has 6 heteroatoms. The fraction of sp³-hybridized carbons (Fsp3) is 0.0667. The predicted octanol–water partition coefficient (Wildman–Crippen LogP) is 3.86. The van der Waals surface area contributed by atoms with Crippen LogP contribution in [0.1, 0.15) is 15.9 Å². The number of nitrogens with zero attached hydrogens (tertiary/aromatic N) is 1. The average Bonchev–Trinajstić information content (AvgIpc) is 2.48. The van der Waals surface area contributed by atoms with Crippen molar-refractivity contribution in [1.82, 2.24) is 0 Å². The van der Waals surface area contributed by atoms with Crippen LogP contribution in [-0.2, 0) is 0 Å². The highest BCUT2D eigenvalue weighted by Crippen LogP contribution is 2.22. The van der Waals surface area contributed by atoms with Gasteiger partial charge in [0.25, 0.3) is 0 Å². The van der Waals surface area contributed by atoms with E-state index in [9.17, 15) is 13.6 Å². The number of hydrogen-bond donors (Lipinski definition) is 0. The molecule has 0 radical (unpaired) electrons. The molecule has 2 rings (SSSR count). The molecule has 0 fully saturated rings. The molecule has 0 aromatic heterocycles. The summed E-state index contributed by atoms with van der Waals surface area (Å²) in [6.45, 7) is -0.489. The summed E-state index contributed by atoms with van der Waals surface area (Å²) in [6.07, 6.45) is 0. The lowest BCUT2D eigenvalue weighted by molar-refractivity contribution is 0.0916. The normalized spacial score (nSPS) is 10.0. The Labute approximate surface area is 127 Å². The standard InChI is InChI=1S/C15H8BrF2NO2/c16-10-1-4-15(9(5-10)7-19)21-8-14(20)12-6-11(17)2-3-13(12)18/h1-6H,8H2. The van der Waals surface area contributed by atoms with Crippen LogP contribution in [0.2, 0.25) is 0 Å². The molecule has 106 valence electrons. The molecular formula is C15H8BrF2NO2. The van der Waals surface area contributed by atoms with E-state index in [0.29, 0.717) is 4.47 Å². The maximum atomic E-state index is 13.4. The molecular weight excluding hydrogens is 344 g/mol. The molecule has 3 nitrogen and oxygen atoms in total. The number of Topliss-reactive ketones (excluding diaryl/α,β-unsaturated/α-hetero) is 1. The van der Waals surface area contributed by atoms with Crippen molar-refractivity contribution in [3.8, 4) is 11.8 Å². The van der Waals surface area contributed by atoms with E-state index in [4.69, 9.17) is 10.00 Å². The smallest absolute Gasteiger partial charge is 0.203 e. The maximum Gasteiger partial charge on any atom is 0.203 e. The molecule has 0 spiro atoms. The molecule has 0 saturated carbocycles. The van der Waals surface area contributed by atoms with Gasteiger partial charge in [-0.3, -0.25) is 4.79 Å². The van der Waals surface area contributed by atoms with Gasteiger partial charge in [0.1, 0.15) is 23.5 Å². The average molecular weight is 352 g/mol. The minimum Gasteiger partial charge on any atom is -0.484 e. The summed E-state index contributed by atoms with van der Waals surface area (Å²) >= 11 is 3.21. The summed E-state index contributed by atoms with van der Waals surface area (Å²) in [4.78, 5) is 11.8. The molecule has 0 N–H and O–H groups in total. The lowest BCUT2D eigenvalue weighted by Gasteiger charge is -2.08. The van der Waals surface area contributed by atoms with Crippen molar-refractivity contribution in [3.05, 3.63) is 63.6 Å². The Bertz CT molecular complexity index is 741. The number of hydrogen-bond acceptors (Lipinski definition) is 3. The molecule has 0 amide bonds. The molecule has 2 aromatic carbocycles. The highest BCUT2D eigenvalue weighted by atomic mass is 79.9. The van der Waals surface area contributed by atoms with Gasteiger partial charge in [0.05, 0.1) is 11.1 Å². The van der Waals surface area contributed by atoms with Gasteiger partial charge in [-0.25, -0.2) is 8.78 Å². The topological polar surface area (TPSA) is 50.1 Å². The minimum absolute atomic E-state index is 0.200. The molecule has 0 atom stereocenters. The van der Waals surface area contributed by atoms with Crippen molar-refractivity contribution >= 4 is 21.7 Å². The fourth-order valence-electron chi connectivity index (χ4n) is 1.65. The zero-order valence-electron chi connectivity index (χ0n) is 10.6. The molecule has 0 aliphatic heterocycles. The zero-order valence-corrected chi connectivity index (χ0v) is 12.2. The second-order valence-corrected chi connectivity index (χ2v) is 5.00. The third-order valence-corrected chi connectivity index (χ3v) is 3.14. The second kappa shape index (κ2) is 6.46. The maximum absolute atomic E-state index is 13.4. The molecule has 0 bridgehead atoms. The van der Waals surface area contributed by atoms with E-state index < -0.39 is 24.0 Å². The summed E-state index contributed by atoms with van der Waals surface area (Å²) in [6, 6.07) is 9.22. The summed E-state index contributed by atoms with van der Waals surface area (Å²) in [5, 5.41) is 8.96. The van der Waals surface area contributed by atoms with Crippen molar-refractivity contribution in [2.75, 3.05) is 6.61 Å². The number of nitriles is 1. The predicted molar refractivity (Wildman–Crippen MR) is 75.0 cm³/mol. The minimum atomic E-state index is -0.818. The molecule has 0 unspecified atom stereocenters. The Morgan fingerprint density at radius 2 is 2.00 bits per heavy atom. The Morgan fingerprint density at radius 3 is 2.71 bits per heavy atom. The zero-order chi connectivity index (χ0) is 15.4. The van der Waals surface area contributed by atoms with E-state index in [1.807, 2.05) is 6.07 Å². The van der Waals surface area contributed by atoms with Gasteiger partial charge in [0.15, 0.2) is 6.61 Å². The molecule has 0 saturated heterocycles. The first-order valence-electron chi connectivity index (χ1n) is 5.82. The molecule has 0 aliphatic rings. The molecule has 0 heterocycles. The summed E-state index contributed by atoms with van der Waals surface area (Å²) in [5.74, 6) is -2.04. The largest absolute Gasteiger partial charge is 0.484 e. The van der Waals surface area contributed by atoms with E-state index in [-0.39, 0.29) is 16.9 Å². The molecule has 2 aromatic rings. The Kier molecular flexibility index (Phi) is 4.66. The lowest BCUT2D eigenvalue weighted by Crippen LogP contribution is -2.14. The van der Waals surface area contributed by atoms with Crippen molar-refractivity contribution in [3.63, 3.8) is 0 Å². The lowest BCUT2D eigenvalue weighted by atomic mass is 10.1. The number of carbonyl (C=O) groups is 1. The van der Waals surface area contributed by atoms with Gasteiger partial charge >= 0.3 is 0 Å². The first-order valence-corrected chi connectivity index (χ1v) is 6.61. The Morgan fingerprint density at radius 1 is 1.24 bits per heavy atom. The highest BCUT2D eigenvalue weighted by Gasteiger charge is 2.14. The number of halogens is 3. The van der Waals surface area contributed by atoms with Crippen molar-refractivity contribution in [2.45, 2.75) is 0 Å². The van der Waals surface area contributed by atoms with E-state index in [1.165, 1.54) is 12.1 Å². The van der Waals surface area contributed by atoms with Gasteiger partial charge < -0.3 is 4.74 Å². The SMILES string of the molecule is N#Cc1cc(Br)ccc1OCC(=O)c1cc(F)ccc1F. The first-order chi connectivity index (χ1) is 10.0. The summed E-state index contributed by atoms with van der Waals surface area (Å²) in [5.41, 5.74) is -0.150. The van der Waals surface area contributed by atoms with Crippen LogP contribution in [0.25, 0.3) is 0 Å². The van der Waals surface area contributed by atoms with E-state index in [1.54, 1.807) is 6.07 Å². The van der Waals surface area contributed by atoms with E-state index in [0.717, 1.165) is 18.2 Å². The number of ketones is 1. The van der Waals surface area contributed by atoms with Crippen LogP contribution in [0.3, 0.4) is 0 Å². The number of benzene rings is 2. The highest BCUT2D eigenvalue weighted by molar-refractivity contribution is 9.10. The number of ether oxygens (including phenoxy) is 1. The van der Waals surface area contributed by atoms with Crippen molar-refractivity contribution < 1.29 is 18.3 Å². The Hall–Kier alpha value is -2.26. The van der Waals surface area contributed by atoms with Crippen LogP contribution in [-0.4, -0.2) is 12.4 Å². The van der Waals surface area contributed by atoms with Gasteiger partial charge in [-0.05, 0) is 36.4 Å². The number of carbonyl (C=O) groups excluding carboxylic acids is 1. The van der Waals surface area contributed by atoms with Crippen molar-refractivity contribution in [1.29, 1.82) is 5.26 Å². The summed E-state index contributed by atoms with van der Waals surface area (Å²) in [7, 11) is 0. The van der Waals surface area contributed by atoms with Gasteiger partial charge in [0.2, 0.25) is 5.78 Å². The molecule has 0 aliphatic carbocycles. The molecule has 21 heavy (non-hydrogen) atoms. The van der Waals surface area contributed by atoms with Crippen LogP contribution >= 0.6 is 15.9 Å². The van der Waals surface area contributed by atoms with Crippen LogP contribution in [0, 0.1) is 23.0 Å². The van der Waals surface area contributed by atoms with Gasteiger partial charge in [-0.1, -0.05) is 15.9 Å². The number of rotatable bonds is 4. The van der Waals surface area contributed by atoms with E-state index in [2.05, 4.69) is 15.9 Å². The van der Waals surface area contributed by atoms with Crippen LogP contribution in [0.15, 0.2) is 40.9 Å². The third kappa shape index (κ3) is 3.64. The van der Waals surface area contributed by atoms with E-state index >= 15 is 0 Å². The van der Waals surface area contributed by atoms with Crippen molar-refractivity contribution in [2.24, 2.45) is 0 Å². The van der Waals surface area contributed by atoms with Gasteiger partial charge in [-0.15, -0.1) is 0 Å². The summed E-state index contributed by atoms with van der Waals surface area (Å²) < 4.78 is 32.4. The van der Waals surface area contributed by atoms with Gasteiger partial charge in [0, 0.05) is 4.47 Å². The first kappa shape index (κ1) is 15.1. The van der Waals surface area contributed by atoms with Gasteiger partial charge in [-0.2, -0.15) is 5.26 Å². The monoisotopic (exact) mass is 351 g/mol.